The number of amides is 1. The van der Waals surface area contributed by atoms with E-state index in [-0.39, 0.29) is 5.91 Å². The summed E-state index contributed by atoms with van der Waals surface area (Å²) in [5, 5.41) is 3.61. The fourth-order valence-corrected chi connectivity index (χ4v) is 4.01. The molecule has 3 rings (SSSR count). The Morgan fingerprint density at radius 2 is 1.81 bits per heavy atom. The summed E-state index contributed by atoms with van der Waals surface area (Å²) in [7, 11) is 0. The number of nitrogens with one attached hydrogen (secondary N) is 2. The maximum Gasteiger partial charge on any atom is 0.279 e. The number of hydrogen-bond acceptors (Lipinski definition) is 2. The van der Waals surface area contributed by atoms with E-state index in [0.29, 0.717) is 11.6 Å². The molecule has 1 heterocycles. The van der Waals surface area contributed by atoms with E-state index >= 15 is 0 Å². The van der Waals surface area contributed by atoms with Gasteiger partial charge < -0.3 is 15.1 Å². The Hall–Kier alpha value is -2.04. The summed E-state index contributed by atoms with van der Waals surface area (Å²) >= 11 is 6.30. The minimum atomic E-state index is 0.0261. The molecule has 4 nitrogen and oxygen atoms in total. The summed E-state index contributed by atoms with van der Waals surface area (Å²) in [6, 6.07) is 12.4. The maximum atomic E-state index is 12.5. The molecule has 1 aliphatic heterocycles. The summed E-state index contributed by atoms with van der Waals surface area (Å²) in [6.07, 6.45) is 0. The van der Waals surface area contributed by atoms with Gasteiger partial charge in [0.1, 0.15) is 0 Å². The number of para-hydroxylation sites is 1. The van der Waals surface area contributed by atoms with E-state index in [0.717, 1.165) is 43.0 Å². The average molecular weight is 373 g/mol. The van der Waals surface area contributed by atoms with Crippen LogP contribution >= 0.6 is 11.6 Å². The largest absolute Gasteiger partial charge is 0.360 e. The number of quaternary nitrogens is 1. The highest BCUT2D eigenvalue weighted by Gasteiger charge is 2.23. The summed E-state index contributed by atoms with van der Waals surface area (Å²) < 4.78 is 0. The van der Waals surface area contributed by atoms with Gasteiger partial charge in [-0.3, -0.25) is 4.79 Å². The Morgan fingerprint density at radius 1 is 1.12 bits per heavy atom. The Morgan fingerprint density at radius 3 is 2.46 bits per heavy atom. The SMILES string of the molecule is Cc1cc(C)c(NC(=O)C[NH+]2CCN(c3ccccc3C)CC2)c(Cl)c1. The zero-order valence-corrected chi connectivity index (χ0v) is 16.5. The van der Waals surface area contributed by atoms with Crippen molar-refractivity contribution in [3.63, 3.8) is 0 Å². The number of rotatable bonds is 4. The molecule has 5 heteroatoms. The molecule has 0 aromatic heterocycles. The first-order valence-corrected chi connectivity index (χ1v) is 9.52. The summed E-state index contributed by atoms with van der Waals surface area (Å²) in [4.78, 5) is 16.2. The molecule has 2 aromatic carbocycles. The number of anilines is 2. The third-order valence-electron chi connectivity index (χ3n) is 5.03. The number of aryl methyl sites for hydroxylation is 3. The predicted octanol–water partition coefficient (Wildman–Crippen LogP) is 2.61. The molecule has 1 aliphatic rings. The topological polar surface area (TPSA) is 36.8 Å². The standard InChI is InChI=1S/C21H26ClN3O/c1-15-12-17(3)21(18(22)13-15)23-20(26)14-24-8-10-25(11-9-24)19-7-5-4-6-16(19)2/h4-7,12-13H,8-11,14H2,1-3H3,(H,23,26)/p+1. The molecule has 0 bridgehead atoms. The lowest BCUT2D eigenvalue weighted by molar-refractivity contribution is -0.892. The van der Waals surface area contributed by atoms with Gasteiger partial charge in [-0.2, -0.15) is 0 Å². The molecule has 0 aliphatic carbocycles. The molecule has 0 saturated carbocycles. The molecular formula is C21H27ClN3O+. The molecule has 2 aromatic rings. The summed E-state index contributed by atoms with van der Waals surface area (Å²) in [5.74, 6) is 0.0261. The molecule has 0 spiro atoms. The maximum absolute atomic E-state index is 12.5. The number of piperazine rings is 1. The van der Waals surface area contributed by atoms with Crippen molar-refractivity contribution in [1.82, 2.24) is 0 Å². The first-order valence-electron chi connectivity index (χ1n) is 9.15. The van der Waals surface area contributed by atoms with E-state index < -0.39 is 0 Å². The van der Waals surface area contributed by atoms with Crippen molar-refractivity contribution in [1.29, 1.82) is 0 Å². The molecule has 1 amide bonds. The lowest BCUT2D eigenvalue weighted by Crippen LogP contribution is -3.15. The first-order chi connectivity index (χ1) is 12.4. The van der Waals surface area contributed by atoms with Gasteiger partial charge in [0, 0.05) is 5.69 Å². The van der Waals surface area contributed by atoms with Gasteiger partial charge in [0.25, 0.3) is 5.91 Å². The smallest absolute Gasteiger partial charge is 0.279 e. The van der Waals surface area contributed by atoms with Gasteiger partial charge in [0.2, 0.25) is 0 Å². The van der Waals surface area contributed by atoms with Crippen molar-refractivity contribution in [3.8, 4) is 0 Å². The highest BCUT2D eigenvalue weighted by atomic mass is 35.5. The monoisotopic (exact) mass is 372 g/mol. The van der Waals surface area contributed by atoms with E-state index in [1.165, 1.54) is 16.2 Å². The minimum absolute atomic E-state index is 0.0261. The second-order valence-corrected chi connectivity index (χ2v) is 7.59. The number of hydrogen-bond donors (Lipinski definition) is 2. The molecule has 26 heavy (non-hydrogen) atoms. The average Bonchev–Trinajstić information content (AvgIpc) is 2.59. The van der Waals surface area contributed by atoms with E-state index in [4.69, 9.17) is 11.6 Å². The zero-order valence-electron chi connectivity index (χ0n) is 15.7. The van der Waals surface area contributed by atoms with Gasteiger partial charge in [-0.25, -0.2) is 0 Å². The fourth-order valence-electron chi connectivity index (χ4n) is 3.64. The van der Waals surface area contributed by atoms with Gasteiger partial charge in [0.05, 0.1) is 36.9 Å². The van der Waals surface area contributed by atoms with Crippen LogP contribution in [0.5, 0.6) is 0 Å². The quantitative estimate of drug-likeness (QED) is 0.865. The van der Waals surface area contributed by atoms with E-state index in [1.54, 1.807) is 0 Å². The Labute approximate surface area is 160 Å². The molecule has 0 radical (unpaired) electrons. The summed E-state index contributed by atoms with van der Waals surface area (Å²) in [6.45, 7) is 10.5. The van der Waals surface area contributed by atoms with Crippen LogP contribution in [0.1, 0.15) is 16.7 Å². The third kappa shape index (κ3) is 4.37. The van der Waals surface area contributed by atoms with Gasteiger partial charge >= 0.3 is 0 Å². The van der Waals surface area contributed by atoms with Crippen molar-refractivity contribution in [3.05, 3.63) is 58.1 Å². The lowest BCUT2D eigenvalue weighted by atomic mass is 10.1. The van der Waals surface area contributed by atoms with Crippen molar-refractivity contribution >= 4 is 28.9 Å². The zero-order chi connectivity index (χ0) is 18.7. The Balaban J connectivity index is 1.55. The minimum Gasteiger partial charge on any atom is -0.360 e. The molecule has 0 atom stereocenters. The van der Waals surface area contributed by atoms with E-state index in [1.807, 2.05) is 26.0 Å². The third-order valence-corrected chi connectivity index (χ3v) is 5.33. The van der Waals surface area contributed by atoms with Crippen molar-refractivity contribution < 1.29 is 9.69 Å². The molecule has 0 unspecified atom stereocenters. The van der Waals surface area contributed by atoms with Crippen LogP contribution in [0, 0.1) is 20.8 Å². The molecule has 138 valence electrons. The van der Waals surface area contributed by atoms with Crippen LogP contribution in [0.15, 0.2) is 36.4 Å². The number of nitrogens with zero attached hydrogens (tertiary/aromatic N) is 1. The highest BCUT2D eigenvalue weighted by Crippen LogP contribution is 2.27. The molecule has 1 fully saturated rings. The molecule has 1 saturated heterocycles. The number of carbonyl (C=O) groups is 1. The van der Waals surface area contributed by atoms with Crippen molar-refractivity contribution in [2.45, 2.75) is 20.8 Å². The molecular weight excluding hydrogens is 346 g/mol. The van der Waals surface area contributed by atoms with Gasteiger partial charge in [-0.1, -0.05) is 35.9 Å². The normalized spacial score (nSPS) is 15.2. The Bertz CT molecular complexity index is 775. The number of halogens is 1. The van der Waals surface area contributed by atoms with Gasteiger partial charge in [0.15, 0.2) is 6.54 Å². The van der Waals surface area contributed by atoms with Crippen LogP contribution in [0.25, 0.3) is 0 Å². The predicted molar refractivity (Wildman–Crippen MR) is 109 cm³/mol. The number of carbonyl (C=O) groups excluding carboxylic acids is 1. The van der Waals surface area contributed by atoms with Crippen LogP contribution in [-0.2, 0) is 4.79 Å². The second-order valence-electron chi connectivity index (χ2n) is 7.19. The van der Waals surface area contributed by atoms with Crippen LogP contribution in [0.2, 0.25) is 5.02 Å². The van der Waals surface area contributed by atoms with E-state index in [2.05, 4.69) is 41.4 Å². The van der Waals surface area contributed by atoms with Crippen LogP contribution < -0.4 is 15.1 Å². The van der Waals surface area contributed by atoms with Crippen LogP contribution in [0.4, 0.5) is 11.4 Å². The first kappa shape index (κ1) is 18.7. The second kappa shape index (κ2) is 8.11. The van der Waals surface area contributed by atoms with Gasteiger partial charge in [-0.15, -0.1) is 0 Å². The number of benzene rings is 2. The lowest BCUT2D eigenvalue weighted by Gasteiger charge is -2.34. The fraction of sp³-hybridized carbons (Fsp3) is 0.381. The van der Waals surface area contributed by atoms with Crippen molar-refractivity contribution in [2.24, 2.45) is 0 Å². The van der Waals surface area contributed by atoms with E-state index in [9.17, 15) is 4.79 Å². The Kier molecular flexibility index (Phi) is 5.84. The van der Waals surface area contributed by atoms with Crippen LogP contribution in [0.3, 0.4) is 0 Å². The highest BCUT2D eigenvalue weighted by molar-refractivity contribution is 6.34. The van der Waals surface area contributed by atoms with Crippen molar-refractivity contribution in [2.75, 3.05) is 42.9 Å². The molecule has 2 N–H and O–H groups in total. The van der Waals surface area contributed by atoms with Crippen LogP contribution in [-0.4, -0.2) is 38.6 Å². The summed E-state index contributed by atoms with van der Waals surface area (Å²) in [5.41, 5.74) is 5.45. The van der Waals surface area contributed by atoms with Gasteiger partial charge in [-0.05, 0) is 49.6 Å².